The number of ketones is 1. The van der Waals surface area contributed by atoms with Crippen molar-refractivity contribution in [3.05, 3.63) is 130 Å². The van der Waals surface area contributed by atoms with Crippen LogP contribution < -0.4 is 5.84 Å². The van der Waals surface area contributed by atoms with E-state index in [-0.39, 0.29) is 34.5 Å². The molecule has 0 aliphatic heterocycles. The Morgan fingerprint density at radius 2 is 1.06 bits per heavy atom. The van der Waals surface area contributed by atoms with Gasteiger partial charge in [0.25, 0.3) is 0 Å². The first-order valence-electron chi connectivity index (χ1n) is 29.4. The molecule has 0 spiro atoms. The van der Waals surface area contributed by atoms with Crippen molar-refractivity contribution in [1.82, 2.24) is 29.0 Å². The van der Waals surface area contributed by atoms with E-state index in [4.69, 9.17) is 43.5 Å². The Balaban J connectivity index is 0.000000200. The van der Waals surface area contributed by atoms with Crippen LogP contribution in [0, 0.1) is 10.8 Å². The molecular weight excluding hydrogens is 1070 g/mol. The summed E-state index contributed by atoms with van der Waals surface area (Å²) in [7, 11) is -2.08. The quantitative estimate of drug-likeness (QED) is 0.0358. The van der Waals surface area contributed by atoms with Crippen LogP contribution in [0.4, 0.5) is 9.59 Å². The van der Waals surface area contributed by atoms with E-state index in [1.165, 1.54) is 0 Å². The summed E-state index contributed by atoms with van der Waals surface area (Å²) in [6.07, 6.45) is 16.6. The Morgan fingerprint density at radius 3 is 1.49 bits per heavy atom. The number of rotatable bonds is 14. The lowest BCUT2D eigenvalue weighted by Gasteiger charge is -2.57. The van der Waals surface area contributed by atoms with Crippen molar-refractivity contribution in [2.24, 2.45) is 21.8 Å². The van der Waals surface area contributed by atoms with Crippen LogP contribution in [-0.2, 0) is 22.6 Å². The Kier molecular flexibility index (Phi) is 16.9. The number of hydrazone groups is 1. The zero-order chi connectivity index (χ0) is 58.5. The van der Waals surface area contributed by atoms with Crippen molar-refractivity contribution in [3.8, 4) is 0 Å². The highest BCUT2D eigenvalue weighted by Crippen LogP contribution is 2.59. The van der Waals surface area contributed by atoms with Gasteiger partial charge in [-0.05, 0) is 165 Å². The van der Waals surface area contributed by atoms with E-state index in [1.807, 2.05) is 100 Å². The van der Waals surface area contributed by atoms with E-state index in [0.29, 0.717) is 45.3 Å². The summed E-state index contributed by atoms with van der Waals surface area (Å²) in [5.41, 5.74) is 5.26. The monoisotopic (exact) mass is 1160 g/mol. The number of aromatic nitrogens is 4. The molecule has 6 aliphatic rings. The number of halogens is 2. The van der Waals surface area contributed by atoms with E-state index >= 15 is 0 Å². The van der Waals surface area contributed by atoms with Gasteiger partial charge >= 0.3 is 12.2 Å². The van der Waals surface area contributed by atoms with Crippen molar-refractivity contribution < 1.29 is 23.9 Å². The highest BCUT2D eigenvalue weighted by atomic mass is 35.5. The molecule has 0 atom stereocenters. The standard InChI is InChI=1S/C37H52ClN3O3Si.C28H34ClN5O2/c1-25(2)45(26(3)4,27(5)6)41-22-15-29-31(30(38)23-39-33(29)41)32(42)36-16-19-37(20-17-36,21-18-36)40(34(43)44-35(7,8)9)24-28-13-11-10-12-14-28;1-26(2,3)36-25(35)34(18-19-7-5-4-6-8-19)28-13-10-27(11-14-28,12-15-28)23(33-30)22-20-9-16-31-24(20)32-17-21(22)29/h10-15,22-23,25-27H,16-21,24H2,1-9H3;4-9,16-17H,10-15,18,30H2,1-3H3,(H,31,32). The number of pyridine rings is 2. The third-order valence-electron chi connectivity index (χ3n) is 19.1. The lowest BCUT2D eigenvalue weighted by atomic mass is 9.54. The smallest absolute Gasteiger partial charge is 0.411 e. The molecule has 3 N–H and O–H groups in total. The summed E-state index contributed by atoms with van der Waals surface area (Å²) >= 11 is 13.6. The number of nitrogens with two attached hydrogens (primary N) is 1. The number of aromatic amines is 1. The van der Waals surface area contributed by atoms with Gasteiger partial charge in [0.2, 0.25) is 0 Å². The molecule has 4 aromatic heterocycles. The number of ether oxygens (including phenoxy) is 2. The number of hydrogen-bond donors (Lipinski definition) is 2. The number of carbonyl (C=O) groups excluding carboxylic acids is 3. The fraction of sp³-hybridized carbons (Fsp3) is 0.538. The van der Waals surface area contributed by atoms with Crippen LogP contribution in [0.1, 0.15) is 187 Å². The predicted octanol–water partition coefficient (Wildman–Crippen LogP) is 16.8. The average molecular weight is 1160 g/mol. The summed E-state index contributed by atoms with van der Waals surface area (Å²) in [5, 5.41) is 7.15. The number of carbonyl (C=O) groups is 3. The highest BCUT2D eigenvalue weighted by molar-refractivity contribution is 6.82. The molecule has 0 unspecified atom stereocenters. The van der Waals surface area contributed by atoms with Gasteiger partial charge in [-0.2, -0.15) is 5.10 Å². The van der Waals surface area contributed by atoms with Gasteiger partial charge in [0.05, 0.1) is 15.8 Å². The second-order valence-electron chi connectivity index (χ2n) is 26.9. The first-order chi connectivity index (χ1) is 38.2. The molecule has 6 aliphatic carbocycles. The molecule has 16 heteroatoms. The molecular formula is C65H86Cl2N8O5Si. The van der Waals surface area contributed by atoms with Crippen LogP contribution in [0.15, 0.2) is 103 Å². The van der Waals surface area contributed by atoms with Gasteiger partial charge in [-0.15, -0.1) is 0 Å². The molecule has 0 radical (unpaired) electrons. The highest BCUT2D eigenvalue weighted by Gasteiger charge is 2.58. The molecule has 434 valence electrons. The maximum atomic E-state index is 14.7. The van der Waals surface area contributed by atoms with E-state index in [0.717, 1.165) is 122 Å². The van der Waals surface area contributed by atoms with Crippen LogP contribution in [0.3, 0.4) is 0 Å². The van der Waals surface area contributed by atoms with E-state index in [9.17, 15) is 14.4 Å². The number of nitrogens with zero attached hydrogens (tertiary/aromatic N) is 6. The molecule has 2 aromatic carbocycles. The lowest BCUT2D eigenvalue weighted by molar-refractivity contribution is -0.0581. The first-order valence-corrected chi connectivity index (χ1v) is 32.4. The Hall–Kier alpha value is -5.70. The minimum absolute atomic E-state index is 0.142. The molecule has 6 fully saturated rings. The topological polar surface area (TPSA) is 161 Å². The fourth-order valence-electron chi connectivity index (χ4n) is 15.3. The summed E-state index contributed by atoms with van der Waals surface area (Å²) < 4.78 is 14.3. The first kappa shape index (κ1) is 59.9. The fourth-order valence-corrected chi connectivity index (χ4v) is 22.3. The maximum Gasteiger partial charge on any atom is 0.411 e. The average Bonchev–Trinajstić information content (AvgIpc) is 4.26. The van der Waals surface area contributed by atoms with Crippen LogP contribution in [0.25, 0.3) is 22.1 Å². The number of nitrogens with one attached hydrogen (secondary N) is 1. The zero-order valence-electron chi connectivity index (χ0n) is 49.9. The molecule has 6 saturated carbocycles. The summed E-state index contributed by atoms with van der Waals surface area (Å²) in [5.74, 6) is 6.21. The third-order valence-corrected chi connectivity index (χ3v) is 26.4. The van der Waals surface area contributed by atoms with E-state index in [1.54, 1.807) is 12.4 Å². The number of amides is 2. The predicted molar refractivity (Wildman–Crippen MR) is 330 cm³/mol. The minimum Gasteiger partial charge on any atom is -0.444 e. The number of Topliss-reactive ketones (excluding diaryl/α,β-unsaturated/α-hetero) is 1. The molecule has 0 saturated heterocycles. The van der Waals surface area contributed by atoms with Crippen LogP contribution in [0.2, 0.25) is 26.7 Å². The van der Waals surface area contributed by atoms with Gasteiger partial charge in [-0.3, -0.25) is 14.6 Å². The van der Waals surface area contributed by atoms with Gasteiger partial charge < -0.3 is 24.5 Å². The second kappa shape index (κ2) is 22.8. The molecule has 4 bridgehead atoms. The lowest BCUT2D eigenvalue weighted by Crippen LogP contribution is -2.60. The molecule has 13 nitrogen and oxygen atoms in total. The van der Waals surface area contributed by atoms with Crippen molar-refractivity contribution in [2.75, 3.05) is 0 Å². The summed E-state index contributed by atoms with van der Waals surface area (Å²) in [6.45, 7) is 26.6. The summed E-state index contributed by atoms with van der Waals surface area (Å²) in [4.78, 5) is 58.4. The van der Waals surface area contributed by atoms with Crippen molar-refractivity contribution in [1.29, 1.82) is 0 Å². The number of fused-ring (bicyclic) bond motifs is 8. The molecule has 81 heavy (non-hydrogen) atoms. The van der Waals surface area contributed by atoms with Gasteiger partial charge in [-0.25, -0.2) is 19.6 Å². The number of benzene rings is 2. The largest absolute Gasteiger partial charge is 0.444 e. The Labute approximate surface area is 491 Å². The maximum absolute atomic E-state index is 14.7. The van der Waals surface area contributed by atoms with Gasteiger partial charge in [-0.1, -0.05) is 125 Å². The number of H-pyrrole nitrogens is 1. The van der Waals surface area contributed by atoms with Gasteiger partial charge in [0, 0.05) is 75.5 Å². The van der Waals surface area contributed by atoms with Crippen LogP contribution in [-0.4, -0.2) is 83.2 Å². The molecule has 4 heterocycles. The van der Waals surface area contributed by atoms with Crippen molar-refractivity contribution >= 4 is 77.2 Å². The van der Waals surface area contributed by atoms with Gasteiger partial charge in [0.1, 0.15) is 22.5 Å². The van der Waals surface area contributed by atoms with E-state index in [2.05, 4.69) is 97.4 Å². The Bertz CT molecular complexity index is 3210. The van der Waals surface area contributed by atoms with E-state index < -0.39 is 24.9 Å². The molecule has 12 rings (SSSR count). The number of hydrogen-bond acceptors (Lipinski definition) is 9. The second-order valence-corrected chi connectivity index (χ2v) is 33.4. The SMILES string of the molecule is CC(C)(C)OC(=O)N(Cc1ccccc1)C12CCC(C(=NN)c3c(Cl)cnc4[nH]ccc34)(CC1)CC2.CC(C)[Si](C(C)C)(C(C)C)n1ccc2c(C(=O)C34CCC(N(Cc5ccccc5)C(=O)OC(C)(C)C)(CC3)CC4)c(Cl)cnc21. The van der Waals surface area contributed by atoms with Crippen molar-refractivity contribution in [3.63, 3.8) is 0 Å². The van der Waals surface area contributed by atoms with Crippen LogP contribution in [0.5, 0.6) is 0 Å². The molecule has 2 amide bonds. The third kappa shape index (κ3) is 11.3. The van der Waals surface area contributed by atoms with Crippen molar-refractivity contribution in [2.45, 2.75) is 212 Å². The summed E-state index contributed by atoms with van der Waals surface area (Å²) in [6, 6.07) is 24.3. The minimum atomic E-state index is -2.08. The molecule has 6 aromatic rings. The van der Waals surface area contributed by atoms with Crippen LogP contribution >= 0.6 is 23.2 Å². The normalized spacial score (nSPS) is 23.0. The zero-order valence-corrected chi connectivity index (χ0v) is 52.4. The van der Waals surface area contributed by atoms with Gasteiger partial charge in [0.15, 0.2) is 14.0 Å². The Morgan fingerprint density at radius 1 is 0.630 bits per heavy atom.